The number of hydrogen-bond acceptors (Lipinski definition) is 5. The zero-order valence-corrected chi connectivity index (χ0v) is 9.81. The second-order valence-corrected chi connectivity index (χ2v) is 4.25. The Balaban J connectivity index is 2.28. The van der Waals surface area contributed by atoms with Crippen molar-refractivity contribution >= 4 is 17.7 Å². The zero-order chi connectivity index (χ0) is 12.3. The fraction of sp³-hybridized carbons (Fsp3) is 0.0909. The van der Waals surface area contributed by atoms with E-state index in [-0.39, 0.29) is 5.56 Å². The SMILES string of the molecule is Cc1nccnc1Sc1cc(C(=O)O)ccn1. The number of aryl methyl sites for hydroxylation is 1. The third-order valence-corrected chi connectivity index (χ3v) is 3.05. The van der Waals surface area contributed by atoms with Crippen molar-refractivity contribution in [1.29, 1.82) is 0 Å². The first kappa shape index (κ1) is 11.5. The van der Waals surface area contributed by atoms with Gasteiger partial charge in [-0.2, -0.15) is 0 Å². The van der Waals surface area contributed by atoms with Gasteiger partial charge in [-0.15, -0.1) is 0 Å². The molecule has 0 saturated carbocycles. The predicted molar refractivity (Wildman–Crippen MR) is 62.1 cm³/mol. The lowest BCUT2D eigenvalue weighted by molar-refractivity contribution is 0.0696. The molecule has 2 rings (SSSR count). The standard InChI is InChI=1S/C11H9N3O2S/c1-7-10(14-5-4-12-7)17-9-6-8(11(15)16)2-3-13-9/h2-6H,1H3,(H,15,16). The van der Waals surface area contributed by atoms with E-state index in [0.717, 1.165) is 10.7 Å². The number of carboxylic acids is 1. The van der Waals surface area contributed by atoms with Crippen LogP contribution in [-0.4, -0.2) is 26.0 Å². The summed E-state index contributed by atoms with van der Waals surface area (Å²) in [5.41, 5.74) is 1.00. The minimum absolute atomic E-state index is 0.212. The Morgan fingerprint density at radius 2 is 2.00 bits per heavy atom. The number of aromatic nitrogens is 3. The van der Waals surface area contributed by atoms with Crippen LogP contribution in [0.4, 0.5) is 0 Å². The molecule has 0 saturated heterocycles. The highest BCUT2D eigenvalue weighted by molar-refractivity contribution is 7.99. The number of nitrogens with zero attached hydrogens (tertiary/aromatic N) is 3. The van der Waals surface area contributed by atoms with Crippen molar-refractivity contribution in [2.45, 2.75) is 17.0 Å². The summed E-state index contributed by atoms with van der Waals surface area (Å²) in [4.78, 5) is 23.2. The van der Waals surface area contributed by atoms with Gasteiger partial charge in [0.1, 0.15) is 10.1 Å². The van der Waals surface area contributed by atoms with E-state index in [2.05, 4.69) is 15.0 Å². The van der Waals surface area contributed by atoms with Crippen LogP contribution in [0.25, 0.3) is 0 Å². The molecule has 0 fully saturated rings. The van der Waals surface area contributed by atoms with Crippen LogP contribution in [0.5, 0.6) is 0 Å². The maximum atomic E-state index is 10.8. The van der Waals surface area contributed by atoms with Crippen LogP contribution >= 0.6 is 11.8 Å². The highest BCUT2D eigenvalue weighted by atomic mass is 32.2. The fourth-order valence-corrected chi connectivity index (χ4v) is 2.00. The molecule has 0 aromatic carbocycles. The van der Waals surface area contributed by atoms with Crippen molar-refractivity contribution in [2.75, 3.05) is 0 Å². The van der Waals surface area contributed by atoms with Gasteiger partial charge >= 0.3 is 5.97 Å². The lowest BCUT2D eigenvalue weighted by Crippen LogP contribution is -1.97. The molecule has 2 heterocycles. The van der Waals surface area contributed by atoms with E-state index in [4.69, 9.17) is 5.11 Å². The monoisotopic (exact) mass is 247 g/mol. The van der Waals surface area contributed by atoms with Gasteiger partial charge in [0.25, 0.3) is 0 Å². The van der Waals surface area contributed by atoms with Gasteiger partial charge in [-0.3, -0.25) is 4.98 Å². The highest BCUT2D eigenvalue weighted by Crippen LogP contribution is 2.25. The van der Waals surface area contributed by atoms with Gasteiger partial charge in [0.05, 0.1) is 11.3 Å². The Bertz CT molecular complexity index is 560. The van der Waals surface area contributed by atoms with E-state index < -0.39 is 5.97 Å². The maximum absolute atomic E-state index is 10.8. The average molecular weight is 247 g/mol. The van der Waals surface area contributed by atoms with Crippen LogP contribution in [-0.2, 0) is 0 Å². The minimum Gasteiger partial charge on any atom is -0.478 e. The molecule has 0 aliphatic heterocycles. The number of carboxylic acid groups (broad SMARTS) is 1. The summed E-state index contributed by atoms with van der Waals surface area (Å²) in [6.45, 7) is 1.84. The van der Waals surface area contributed by atoms with Gasteiger partial charge in [0.15, 0.2) is 0 Å². The van der Waals surface area contributed by atoms with Gasteiger partial charge in [0, 0.05) is 18.6 Å². The molecule has 2 aromatic heterocycles. The van der Waals surface area contributed by atoms with Crippen LogP contribution < -0.4 is 0 Å². The fourth-order valence-electron chi connectivity index (χ4n) is 1.19. The molecule has 0 radical (unpaired) electrons. The molecule has 0 aliphatic rings. The molecule has 0 bridgehead atoms. The normalized spacial score (nSPS) is 10.2. The first-order chi connectivity index (χ1) is 8.16. The minimum atomic E-state index is -0.967. The van der Waals surface area contributed by atoms with Crippen LogP contribution in [0.15, 0.2) is 40.8 Å². The number of pyridine rings is 1. The van der Waals surface area contributed by atoms with Crippen molar-refractivity contribution in [3.8, 4) is 0 Å². The van der Waals surface area contributed by atoms with Gasteiger partial charge in [-0.1, -0.05) is 0 Å². The summed E-state index contributed by atoms with van der Waals surface area (Å²) in [5.74, 6) is -0.967. The smallest absolute Gasteiger partial charge is 0.335 e. The van der Waals surface area contributed by atoms with Crippen LogP contribution in [0.2, 0.25) is 0 Å². The van der Waals surface area contributed by atoms with Crippen molar-refractivity contribution in [3.63, 3.8) is 0 Å². The number of carbonyl (C=O) groups is 1. The van der Waals surface area contributed by atoms with Crippen molar-refractivity contribution in [1.82, 2.24) is 15.0 Å². The largest absolute Gasteiger partial charge is 0.478 e. The van der Waals surface area contributed by atoms with E-state index in [9.17, 15) is 4.79 Å². The Morgan fingerprint density at radius 1 is 1.24 bits per heavy atom. The molecule has 1 N–H and O–H groups in total. The summed E-state index contributed by atoms with van der Waals surface area (Å²) in [5, 5.41) is 10.2. The molecule has 0 aliphatic carbocycles. The van der Waals surface area contributed by atoms with Crippen LogP contribution in [0, 0.1) is 6.92 Å². The molecule has 6 heteroatoms. The number of rotatable bonds is 3. The molecular weight excluding hydrogens is 238 g/mol. The van der Waals surface area contributed by atoms with E-state index in [1.807, 2.05) is 6.92 Å². The number of aromatic carboxylic acids is 1. The highest BCUT2D eigenvalue weighted by Gasteiger charge is 2.07. The molecule has 0 atom stereocenters. The summed E-state index contributed by atoms with van der Waals surface area (Å²) >= 11 is 1.30. The van der Waals surface area contributed by atoms with Crippen LogP contribution in [0.3, 0.4) is 0 Å². The Labute approximate surface area is 102 Å². The third-order valence-electron chi connectivity index (χ3n) is 2.02. The molecule has 0 unspecified atom stereocenters. The third kappa shape index (κ3) is 2.79. The van der Waals surface area contributed by atoms with Gasteiger partial charge < -0.3 is 5.11 Å². The summed E-state index contributed by atoms with van der Waals surface area (Å²) in [6, 6.07) is 2.97. The molecule has 0 amide bonds. The van der Waals surface area contributed by atoms with Crippen molar-refractivity contribution < 1.29 is 9.90 Å². The van der Waals surface area contributed by atoms with Crippen LogP contribution in [0.1, 0.15) is 16.1 Å². The van der Waals surface area contributed by atoms with E-state index in [1.54, 1.807) is 12.4 Å². The topological polar surface area (TPSA) is 76.0 Å². The summed E-state index contributed by atoms with van der Waals surface area (Å²) in [6.07, 6.45) is 4.67. The van der Waals surface area contributed by atoms with Crippen molar-refractivity contribution in [2.24, 2.45) is 0 Å². The Morgan fingerprint density at radius 3 is 2.71 bits per heavy atom. The van der Waals surface area contributed by atoms with Gasteiger partial charge in [0.2, 0.25) is 0 Å². The quantitative estimate of drug-likeness (QED) is 0.894. The second-order valence-electron chi connectivity index (χ2n) is 3.24. The summed E-state index contributed by atoms with van der Waals surface area (Å²) in [7, 11) is 0. The zero-order valence-electron chi connectivity index (χ0n) is 8.99. The Kier molecular flexibility index (Phi) is 3.34. The maximum Gasteiger partial charge on any atom is 0.335 e. The van der Waals surface area contributed by atoms with Gasteiger partial charge in [-0.05, 0) is 30.8 Å². The average Bonchev–Trinajstić information content (AvgIpc) is 2.32. The molecule has 0 spiro atoms. The lowest BCUT2D eigenvalue weighted by Gasteiger charge is -2.02. The molecule has 2 aromatic rings. The molecule has 5 nitrogen and oxygen atoms in total. The Hall–Kier alpha value is -1.95. The second kappa shape index (κ2) is 4.92. The lowest BCUT2D eigenvalue weighted by atomic mass is 10.3. The van der Waals surface area contributed by atoms with E-state index in [1.165, 1.54) is 30.1 Å². The predicted octanol–water partition coefficient (Wildman–Crippen LogP) is 2.03. The molecule has 86 valence electrons. The first-order valence-electron chi connectivity index (χ1n) is 4.81. The van der Waals surface area contributed by atoms with E-state index in [0.29, 0.717) is 5.03 Å². The summed E-state index contributed by atoms with van der Waals surface area (Å²) < 4.78 is 0. The van der Waals surface area contributed by atoms with E-state index >= 15 is 0 Å². The van der Waals surface area contributed by atoms with Crippen molar-refractivity contribution in [3.05, 3.63) is 42.0 Å². The first-order valence-corrected chi connectivity index (χ1v) is 5.63. The molecular formula is C11H9N3O2S. The molecule has 17 heavy (non-hydrogen) atoms. The number of hydrogen-bond donors (Lipinski definition) is 1. The van der Waals surface area contributed by atoms with Gasteiger partial charge in [-0.25, -0.2) is 14.8 Å².